The van der Waals surface area contributed by atoms with Gasteiger partial charge in [0.1, 0.15) is 0 Å². The van der Waals surface area contributed by atoms with Crippen molar-refractivity contribution in [1.82, 2.24) is 5.32 Å². The average molecular weight is 355 g/mol. The summed E-state index contributed by atoms with van der Waals surface area (Å²) in [6.07, 6.45) is 3.71. The maximum Gasteiger partial charge on any atom is 0.270 e. The van der Waals surface area contributed by atoms with Crippen LogP contribution in [0.4, 0.5) is 11.4 Å². The van der Waals surface area contributed by atoms with E-state index in [1.54, 1.807) is 12.1 Å². The summed E-state index contributed by atoms with van der Waals surface area (Å²) in [6.45, 7) is 2.07. The minimum absolute atomic E-state index is 0.0322. The Morgan fingerprint density at radius 2 is 1.96 bits per heavy atom. The third-order valence-electron chi connectivity index (χ3n) is 3.36. The number of thiocarbonyl (C=S) groups is 1. The van der Waals surface area contributed by atoms with Crippen LogP contribution in [0, 0.1) is 10.1 Å². The fourth-order valence-electron chi connectivity index (χ4n) is 2.05. The van der Waals surface area contributed by atoms with Crippen molar-refractivity contribution in [1.29, 1.82) is 0 Å². The summed E-state index contributed by atoms with van der Waals surface area (Å²) < 4.78 is 0. The Bertz CT molecular complexity index is 817. The highest BCUT2D eigenvalue weighted by Crippen LogP contribution is 2.14. The molecule has 0 radical (unpaired) electrons. The van der Waals surface area contributed by atoms with Crippen LogP contribution in [-0.4, -0.2) is 15.9 Å². The number of non-ortho nitro benzene ring substituents is 1. The lowest BCUT2D eigenvalue weighted by molar-refractivity contribution is -0.384. The number of benzene rings is 2. The molecule has 2 aromatic carbocycles. The molecule has 2 rings (SSSR count). The molecule has 128 valence electrons. The number of nitro benzene ring substituents is 1. The first-order chi connectivity index (χ1) is 12.0. The second-order valence-corrected chi connectivity index (χ2v) is 5.59. The van der Waals surface area contributed by atoms with Gasteiger partial charge < -0.3 is 5.32 Å². The number of carbonyl (C=O) groups excluding carboxylic acids is 1. The quantitative estimate of drug-likeness (QED) is 0.370. The second kappa shape index (κ2) is 8.70. The number of nitro groups is 1. The molecule has 2 N–H and O–H groups in total. The predicted molar refractivity (Wildman–Crippen MR) is 102 cm³/mol. The highest BCUT2D eigenvalue weighted by Gasteiger charge is 2.05. The third kappa shape index (κ3) is 5.82. The molecule has 0 spiro atoms. The van der Waals surface area contributed by atoms with Crippen LogP contribution in [0.2, 0.25) is 0 Å². The Morgan fingerprint density at radius 1 is 1.24 bits per heavy atom. The zero-order chi connectivity index (χ0) is 18.2. The Kier molecular flexibility index (Phi) is 6.36. The van der Waals surface area contributed by atoms with E-state index in [0.29, 0.717) is 5.56 Å². The van der Waals surface area contributed by atoms with Gasteiger partial charge in [-0.05, 0) is 48.0 Å². The van der Waals surface area contributed by atoms with E-state index in [2.05, 4.69) is 17.6 Å². The lowest BCUT2D eigenvalue weighted by atomic mass is 10.1. The maximum atomic E-state index is 11.9. The Labute approximate surface area is 150 Å². The first-order valence-corrected chi connectivity index (χ1v) is 8.02. The van der Waals surface area contributed by atoms with E-state index in [1.807, 2.05) is 24.3 Å². The number of nitrogens with zero attached hydrogens (tertiary/aromatic N) is 1. The molecule has 0 unspecified atom stereocenters. The molecule has 0 fully saturated rings. The lowest BCUT2D eigenvalue weighted by Crippen LogP contribution is -2.32. The second-order valence-electron chi connectivity index (χ2n) is 5.18. The summed E-state index contributed by atoms with van der Waals surface area (Å²) >= 11 is 5.09. The number of anilines is 1. The highest BCUT2D eigenvalue weighted by molar-refractivity contribution is 7.80. The monoisotopic (exact) mass is 355 g/mol. The summed E-state index contributed by atoms with van der Waals surface area (Å²) in [7, 11) is 0. The zero-order valence-corrected chi connectivity index (χ0v) is 14.4. The van der Waals surface area contributed by atoms with Crippen LogP contribution in [0.15, 0.2) is 54.6 Å². The Morgan fingerprint density at radius 3 is 2.60 bits per heavy atom. The molecule has 1 amide bonds. The zero-order valence-electron chi connectivity index (χ0n) is 13.6. The molecule has 2 aromatic rings. The topological polar surface area (TPSA) is 84.3 Å². The molecular weight excluding hydrogens is 338 g/mol. The van der Waals surface area contributed by atoms with Gasteiger partial charge in [0, 0.05) is 23.9 Å². The van der Waals surface area contributed by atoms with Gasteiger partial charge in [0.15, 0.2) is 5.11 Å². The van der Waals surface area contributed by atoms with E-state index in [0.717, 1.165) is 12.1 Å². The normalized spacial score (nSPS) is 10.4. The van der Waals surface area contributed by atoms with Gasteiger partial charge in [-0.1, -0.05) is 31.2 Å². The van der Waals surface area contributed by atoms with Gasteiger partial charge in [0.05, 0.1) is 4.92 Å². The van der Waals surface area contributed by atoms with Gasteiger partial charge in [-0.25, -0.2) is 0 Å². The summed E-state index contributed by atoms with van der Waals surface area (Å²) in [6, 6.07) is 13.7. The van der Waals surface area contributed by atoms with E-state index in [9.17, 15) is 14.9 Å². The fourth-order valence-corrected chi connectivity index (χ4v) is 2.27. The van der Waals surface area contributed by atoms with Gasteiger partial charge in [-0.3, -0.25) is 20.2 Å². The molecule has 0 aliphatic heterocycles. The van der Waals surface area contributed by atoms with Crippen molar-refractivity contribution >= 4 is 40.7 Å². The molecule has 0 saturated carbocycles. The van der Waals surface area contributed by atoms with Gasteiger partial charge >= 0.3 is 0 Å². The summed E-state index contributed by atoms with van der Waals surface area (Å²) in [5.74, 6) is -0.422. The molecule has 0 heterocycles. The molecule has 7 heteroatoms. The average Bonchev–Trinajstić information content (AvgIpc) is 2.60. The first kappa shape index (κ1) is 18.3. The number of carbonyl (C=O) groups is 1. The van der Waals surface area contributed by atoms with Crippen molar-refractivity contribution in [3.63, 3.8) is 0 Å². The van der Waals surface area contributed by atoms with Crippen molar-refractivity contribution in [3.8, 4) is 0 Å². The highest BCUT2D eigenvalue weighted by atomic mass is 32.1. The SMILES string of the molecule is CCc1ccc(NC(=S)NC(=O)C=Cc2cccc([N+](=O)[O-])c2)cc1. The molecule has 0 aliphatic carbocycles. The molecule has 0 atom stereocenters. The van der Waals surface area contributed by atoms with Crippen molar-refractivity contribution in [2.45, 2.75) is 13.3 Å². The van der Waals surface area contributed by atoms with E-state index in [-0.39, 0.29) is 10.8 Å². The van der Waals surface area contributed by atoms with Crippen LogP contribution in [0.5, 0.6) is 0 Å². The smallest absolute Gasteiger partial charge is 0.270 e. The van der Waals surface area contributed by atoms with Crippen LogP contribution in [0.3, 0.4) is 0 Å². The van der Waals surface area contributed by atoms with Crippen molar-refractivity contribution in [2.75, 3.05) is 5.32 Å². The van der Waals surface area contributed by atoms with Crippen LogP contribution in [-0.2, 0) is 11.2 Å². The maximum absolute atomic E-state index is 11.9. The number of rotatable bonds is 5. The predicted octanol–water partition coefficient (Wildman–Crippen LogP) is 3.68. The van der Waals surface area contributed by atoms with E-state index < -0.39 is 10.8 Å². The molecule has 0 saturated heterocycles. The standard InChI is InChI=1S/C18H17N3O3S/c1-2-13-6-9-15(10-7-13)19-18(25)20-17(22)11-8-14-4-3-5-16(12-14)21(23)24/h3-12H,2H2,1H3,(H2,19,20,22,25). The number of hydrogen-bond acceptors (Lipinski definition) is 4. The number of nitrogens with one attached hydrogen (secondary N) is 2. The van der Waals surface area contributed by atoms with Gasteiger partial charge in [-0.2, -0.15) is 0 Å². The van der Waals surface area contributed by atoms with Gasteiger partial charge in [-0.15, -0.1) is 0 Å². The van der Waals surface area contributed by atoms with Crippen molar-refractivity contribution in [2.24, 2.45) is 0 Å². The van der Waals surface area contributed by atoms with Crippen molar-refractivity contribution in [3.05, 3.63) is 75.8 Å². The molecule has 6 nitrogen and oxygen atoms in total. The largest absolute Gasteiger partial charge is 0.332 e. The molecular formula is C18H17N3O3S. The Balaban J connectivity index is 1.91. The van der Waals surface area contributed by atoms with E-state index >= 15 is 0 Å². The first-order valence-electron chi connectivity index (χ1n) is 7.61. The minimum atomic E-state index is -0.486. The number of hydrogen-bond donors (Lipinski definition) is 2. The van der Waals surface area contributed by atoms with Gasteiger partial charge in [0.25, 0.3) is 5.69 Å². The van der Waals surface area contributed by atoms with Crippen LogP contribution in [0.1, 0.15) is 18.1 Å². The third-order valence-corrected chi connectivity index (χ3v) is 3.57. The molecule has 0 bridgehead atoms. The van der Waals surface area contributed by atoms with Crippen LogP contribution >= 0.6 is 12.2 Å². The van der Waals surface area contributed by atoms with Crippen LogP contribution < -0.4 is 10.6 Å². The van der Waals surface area contributed by atoms with E-state index in [4.69, 9.17) is 12.2 Å². The molecule has 25 heavy (non-hydrogen) atoms. The molecule has 0 aliphatic rings. The van der Waals surface area contributed by atoms with Crippen molar-refractivity contribution < 1.29 is 9.72 Å². The fraction of sp³-hybridized carbons (Fsp3) is 0.111. The van der Waals surface area contributed by atoms with Crippen LogP contribution in [0.25, 0.3) is 6.08 Å². The molecule has 0 aromatic heterocycles. The summed E-state index contributed by atoms with van der Waals surface area (Å²) in [5, 5.41) is 16.4. The van der Waals surface area contributed by atoms with E-state index in [1.165, 1.54) is 29.8 Å². The number of amides is 1. The lowest BCUT2D eigenvalue weighted by Gasteiger charge is -2.08. The Hall–Kier alpha value is -3.06. The summed E-state index contributed by atoms with van der Waals surface area (Å²) in [4.78, 5) is 22.1. The van der Waals surface area contributed by atoms with Gasteiger partial charge in [0.2, 0.25) is 5.91 Å². The number of aryl methyl sites for hydroxylation is 1. The summed E-state index contributed by atoms with van der Waals surface area (Å²) in [5.41, 5.74) is 2.51. The minimum Gasteiger partial charge on any atom is -0.332 e.